The van der Waals surface area contributed by atoms with Gasteiger partial charge in [-0.3, -0.25) is 10.3 Å². The van der Waals surface area contributed by atoms with Crippen LogP contribution in [0.5, 0.6) is 0 Å². The number of anilines is 1. The third kappa shape index (κ3) is 1.57. The number of fused-ring (bicyclic) bond motifs is 1. The minimum atomic E-state index is 0.260. The maximum Gasteiger partial charge on any atom is 0.107 e. The summed E-state index contributed by atoms with van der Waals surface area (Å²) in [7, 11) is 0. The number of hydrazine groups is 1. The molecule has 0 amide bonds. The van der Waals surface area contributed by atoms with E-state index in [2.05, 4.69) is 33.2 Å². The Morgan fingerprint density at radius 2 is 2.06 bits per heavy atom. The highest BCUT2D eigenvalue weighted by atomic mass is 32.1. The van der Waals surface area contributed by atoms with Gasteiger partial charge in [-0.1, -0.05) is 30.4 Å². The fourth-order valence-corrected chi connectivity index (χ4v) is 2.55. The normalized spacial score (nSPS) is 28.8. The van der Waals surface area contributed by atoms with Crippen LogP contribution < -0.4 is 21.1 Å². The molecular formula is C11H14N4S. The smallest absolute Gasteiger partial charge is 0.107 e. The average molecular weight is 234 g/mol. The predicted octanol–water partition coefficient (Wildman–Crippen LogP) is 0.431. The largest absolute Gasteiger partial charge is 0.367 e. The lowest BCUT2D eigenvalue weighted by atomic mass is 10.1. The summed E-state index contributed by atoms with van der Waals surface area (Å²) in [6.45, 7) is 1.63. The zero-order chi connectivity index (χ0) is 11.0. The molecule has 84 valence electrons. The molecule has 2 heterocycles. The summed E-state index contributed by atoms with van der Waals surface area (Å²) in [5.41, 5.74) is 4.56. The molecular weight excluding hydrogens is 220 g/mol. The van der Waals surface area contributed by atoms with Crippen molar-refractivity contribution < 1.29 is 0 Å². The predicted molar refractivity (Wildman–Crippen MR) is 67.9 cm³/mol. The molecule has 4 nitrogen and oxygen atoms in total. The lowest BCUT2D eigenvalue weighted by Gasteiger charge is -2.33. The van der Waals surface area contributed by atoms with Crippen molar-refractivity contribution in [3.8, 4) is 0 Å². The summed E-state index contributed by atoms with van der Waals surface area (Å²) in [6.07, 6.45) is 0.260. The monoisotopic (exact) mass is 234 g/mol. The first kappa shape index (κ1) is 10.0. The van der Waals surface area contributed by atoms with E-state index in [9.17, 15) is 0 Å². The Bertz CT molecular complexity index is 394. The van der Waals surface area contributed by atoms with Crippen molar-refractivity contribution in [2.24, 2.45) is 5.92 Å². The maximum atomic E-state index is 5.33. The van der Waals surface area contributed by atoms with Gasteiger partial charge in [-0.25, -0.2) is 5.43 Å². The van der Waals surface area contributed by atoms with Crippen LogP contribution in [0.25, 0.3) is 0 Å². The fourth-order valence-electron chi connectivity index (χ4n) is 2.27. The summed E-state index contributed by atoms with van der Waals surface area (Å²) in [4.78, 5) is 0.953. The van der Waals surface area contributed by atoms with Crippen molar-refractivity contribution in [2.75, 3.05) is 18.2 Å². The topological polar surface area (TPSA) is 39.3 Å². The average Bonchev–Trinajstić information content (AvgIpc) is 2.75. The summed E-state index contributed by atoms with van der Waals surface area (Å²) >= 11 is 5.33. The molecule has 0 radical (unpaired) electrons. The van der Waals surface area contributed by atoms with Crippen molar-refractivity contribution in [3.63, 3.8) is 0 Å². The Balaban J connectivity index is 1.86. The number of thiocarbonyl (C=S) groups is 1. The fraction of sp³-hybridized carbons (Fsp3) is 0.364. The molecule has 0 aliphatic carbocycles. The van der Waals surface area contributed by atoms with E-state index in [0.717, 1.165) is 18.2 Å². The van der Waals surface area contributed by atoms with Gasteiger partial charge in [-0.2, -0.15) is 0 Å². The first-order chi connectivity index (χ1) is 7.86. The molecule has 0 spiro atoms. The number of hydrogen-bond donors (Lipinski definition) is 3. The summed E-state index contributed by atoms with van der Waals surface area (Å²) in [5.74, 6) is 0.351. The molecule has 5 heteroatoms. The second-order valence-corrected chi connectivity index (χ2v) is 4.48. The zero-order valence-electron chi connectivity index (χ0n) is 8.81. The molecule has 2 atom stereocenters. The van der Waals surface area contributed by atoms with Gasteiger partial charge in [0.25, 0.3) is 0 Å². The van der Waals surface area contributed by atoms with Crippen LogP contribution in [0.15, 0.2) is 30.3 Å². The van der Waals surface area contributed by atoms with Crippen molar-refractivity contribution >= 4 is 22.9 Å². The van der Waals surface area contributed by atoms with E-state index in [4.69, 9.17) is 12.2 Å². The molecule has 0 aromatic heterocycles. The number of rotatable bonds is 1. The van der Waals surface area contributed by atoms with E-state index in [0.29, 0.717) is 5.92 Å². The van der Waals surface area contributed by atoms with E-state index >= 15 is 0 Å². The first-order valence-electron chi connectivity index (χ1n) is 5.45. The van der Waals surface area contributed by atoms with Crippen LogP contribution in [0.4, 0.5) is 5.69 Å². The molecule has 0 saturated carbocycles. The molecule has 2 saturated heterocycles. The van der Waals surface area contributed by atoms with Crippen molar-refractivity contribution in [2.45, 2.75) is 6.17 Å². The molecule has 2 aliphatic heterocycles. The van der Waals surface area contributed by atoms with E-state index in [1.807, 2.05) is 18.2 Å². The summed E-state index contributed by atoms with van der Waals surface area (Å²) < 4.78 is 0. The second-order valence-electron chi connectivity index (χ2n) is 4.04. The molecule has 0 bridgehead atoms. The minimum absolute atomic E-state index is 0.260. The van der Waals surface area contributed by atoms with E-state index in [1.165, 1.54) is 5.69 Å². The van der Waals surface area contributed by atoms with Gasteiger partial charge in [-0.15, -0.1) is 0 Å². The van der Waals surface area contributed by atoms with Crippen LogP contribution in [0.2, 0.25) is 0 Å². The molecule has 1 aromatic carbocycles. The van der Waals surface area contributed by atoms with Crippen LogP contribution in [0.1, 0.15) is 0 Å². The molecule has 3 N–H and O–H groups in total. The quantitative estimate of drug-likeness (QED) is 0.615. The van der Waals surface area contributed by atoms with Gasteiger partial charge in [0.15, 0.2) is 0 Å². The van der Waals surface area contributed by atoms with Gasteiger partial charge in [0.1, 0.15) is 6.17 Å². The van der Waals surface area contributed by atoms with E-state index in [-0.39, 0.29) is 6.17 Å². The molecule has 2 fully saturated rings. The highest BCUT2D eigenvalue weighted by Crippen LogP contribution is 2.23. The number of nitrogens with one attached hydrogen (secondary N) is 3. The van der Waals surface area contributed by atoms with Crippen LogP contribution in [0.3, 0.4) is 0 Å². The molecule has 16 heavy (non-hydrogen) atoms. The Morgan fingerprint density at radius 1 is 1.25 bits per heavy atom. The third-order valence-corrected chi connectivity index (χ3v) is 3.53. The summed E-state index contributed by atoms with van der Waals surface area (Å²) in [5, 5.41) is 8.77. The number of hydrogen-bond acceptors (Lipinski definition) is 4. The Kier molecular flexibility index (Phi) is 2.51. The lowest BCUT2D eigenvalue weighted by molar-refractivity contribution is 0.438. The molecule has 2 unspecified atom stereocenters. The Labute approximate surface area is 100.0 Å². The van der Waals surface area contributed by atoms with Crippen molar-refractivity contribution in [3.05, 3.63) is 30.3 Å². The van der Waals surface area contributed by atoms with Crippen LogP contribution in [0, 0.1) is 5.92 Å². The SMILES string of the molecule is S=C1NCNC2C1CNN2c1ccccc1. The molecule has 3 rings (SSSR count). The molecule has 1 aromatic rings. The minimum Gasteiger partial charge on any atom is -0.367 e. The highest BCUT2D eigenvalue weighted by molar-refractivity contribution is 7.80. The Morgan fingerprint density at radius 3 is 2.88 bits per heavy atom. The second kappa shape index (κ2) is 4.01. The van der Waals surface area contributed by atoms with Gasteiger partial charge in [0, 0.05) is 6.54 Å². The van der Waals surface area contributed by atoms with Gasteiger partial charge >= 0.3 is 0 Å². The van der Waals surface area contributed by atoms with Crippen molar-refractivity contribution in [1.82, 2.24) is 16.1 Å². The van der Waals surface area contributed by atoms with Crippen LogP contribution >= 0.6 is 12.2 Å². The van der Waals surface area contributed by atoms with Gasteiger partial charge < -0.3 is 5.32 Å². The van der Waals surface area contributed by atoms with Gasteiger partial charge in [0.05, 0.1) is 23.3 Å². The number of para-hydroxylation sites is 1. The van der Waals surface area contributed by atoms with E-state index < -0.39 is 0 Å². The van der Waals surface area contributed by atoms with Gasteiger partial charge in [0.2, 0.25) is 0 Å². The van der Waals surface area contributed by atoms with E-state index in [1.54, 1.807) is 0 Å². The van der Waals surface area contributed by atoms with Crippen molar-refractivity contribution in [1.29, 1.82) is 0 Å². The standard InChI is InChI=1S/C11H14N4S/c16-11-9-6-14-15(10(9)12-7-13-11)8-4-2-1-3-5-8/h1-5,9-10,12,14H,6-7H2,(H,13,16). The van der Waals surface area contributed by atoms with Gasteiger partial charge in [-0.05, 0) is 12.1 Å². The third-order valence-electron chi connectivity index (χ3n) is 3.09. The number of nitrogens with zero attached hydrogens (tertiary/aromatic N) is 1. The maximum absolute atomic E-state index is 5.33. The van der Waals surface area contributed by atoms with Crippen LogP contribution in [-0.4, -0.2) is 24.4 Å². The molecule has 2 aliphatic rings. The van der Waals surface area contributed by atoms with Crippen LogP contribution in [-0.2, 0) is 0 Å². The zero-order valence-corrected chi connectivity index (χ0v) is 9.63. The Hall–Kier alpha value is -1.17. The number of benzene rings is 1. The summed E-state index contributed by atoms with van der Waals surface area (Å²) in [6, 6.07) is 10.3. The first-order valence-corrected chi connectivity index (χ1v) is 5.86. The lowest BCUT2D eigenvalue weighted by Crippen LogP contribution is -2.58. The highest BCUT2D eigenvalue weighted by Gasteiger charge is 2.38.